The fourth-order valence-corrected chi connectivity index (χ4v) is 4.26. The number of hydrogen-bond donors (Lipinski definition) is 1. The summed E-state index contributed by atoms with van der Waals surface area (Å²) in [6.45, 7) is 0.793. The Balaban J connectivity index is 0.00000312. The summed E-state index contributed by atoms with van der Waals surface area (Å²) in [5, 5.41) is 0.338. The Morgan fingerprint density at radius 2 is 1.80 bits per heavy atom. The number of sulfonamides is 1. The summed E-state index contributed by atoms with van der Waals surface area (Å²) in [6.07, 6.45) is 0.600. The van der Waals surface area contributed by atoms with Crippen LogP contribution in [0.3, 0.4) is 0 Å². The second-order valence-electron chi connectivity index (χ2n) is 5.22. The van der Waals surface area contributed by atoms with Crippen LogP contribution in [0.25, 0.3) is 0 Å². The minimum atomic E-state index is -3.75. The van der Waals surface area contributed by atoms with E-state index in [1.54, 1.807) is 12.1 Å². The van der Waals surface area contributed by atoms with E-state index < -0.39 is 10.0 Å². The molecule has 2 rings (SSSR count). The Hall–Kier alpha value is -1.31. The van der Waals surface area contributed by atoms with Crippen molar-refractivity contribution in [3.8, 4) is 5.75 Å². The summed E-state index contributed by atoms with van der Waals surface area (Å²) < 4.78 is 32.6. The van der Waals surface area contributed by atoms with E-state index in [1.807, 2.05) is 30.3 Å². The molecule has 2 aromatic carbocycles. The number of benzene rings is 2. The first-order valence-electron chi connectivity index (χ1n) is 7.56. The van der Waals surface area contributed by atoms with E-state index in [0.29, 0.717) is 18.0 Å². The van der Waals surface area contributed by atoms with E-state index in [-0.39, 0.29) is 36.1 Å². The van der Waals surface area contributed by atoms with Gasteiger partial charge < -0.3 is 10.5 Å². The molecule has 0 bridgehead atoms. The van der Waals surface area contributed by atoms with Crippen molar-refractivity contribution in [2.45, 2.75) is 11.3 Å². The van der Waals surface area contributed by atoms with Gasteiger partial charge >= 0.3 is 0 Å². The predicted molar refractivity (Wildman–Crippen MR) is 103 cm³/mol. The maximum atomic E-state index is 13.0. The summed E-state index contributed by atoms with van der Waals surface area (Å²) in [6, 6.07) is 14.3. The monoisotopic (exact) mass is 404 g/mol. The van der Waals surface area contributed by atoms with E-state index in [4.69, 9.17) is 22.1 Å². The molecular formula is C17H22Cl2N2O3S. The Morgan fingerprint density at radius 3 is 2.40 bits per heavy atom. The molecule has 0 saturated carbocycles. The topological polar surface area (TPSA) is 72.6 Å². The summed E-state index contributed by atoms with van der Waals surface area (Å²) in [5.74, 6) is 0.265. The molecule has 0 fully saturated rings. The fourth-order valence-electron chi connectivity index (χ4n) is 2.39. The zero-order valence-electron chi connectivity index (χ0n) is 13.9. The molecule has 0 aliphatic heterocycles. The van der Waals surface area contributed by atoms with Gasteiger partial charge in [0.25, 0.3) is 0 Å². The molecule has 8 heteroatoms. The average Bonchev–Trinajstić information content (AvgIpc) is 2.59. The standard InChI is InChI=1S/C17H21ClN2O3S.ClH/c1-23-16-8-7-15(18)13-17(16)24(21,22)20(12-10-19)11-9-14-5-3-2-4-6-14;/h2-8,13H,9-12,19H2,1H3;1H. The maximum absolute atomic E-state index is 13.0. The third-order valence-electron chi connectivity index (χ3n) is 3.61. The van der Waals surface area contributed by atoms with Crippen LogP contribution in [0.15, 0.2) is 53.4 Å². The average molecular weight is 405 g/mol. The van der Waals surface area contributed by atoms with Gasteiger partial charge in [0.15, 0.2) is 0 Å². The number of ether oxygens (including phenoxy) is 1. The van der Waals surface area contributed by atoms with Crippen LogP contribution < -0.4 is 10.5 Å². The van der Waals surface area contributed by atoms with Crippen molar-refractivity contribution in [1.82, 2.24) is 4.31 Å². The Kier molecular flexibility index (Phi) is 8.68. The molecule has 0 aliphatic carbocycles. The second-order valence-corrected chi connectivity index (χ2v) is 7.57. The summed E-state index contributed by atoms with van der Waals surface area (Å²) in [5.41, 5.74) is 6.67. The minimum absolute atomic E-state index is 0. The number of nitrogens with zero attached hydrogens (tertiary/aromatic N) is 1. The first-order chi connectivity index (χ1) is 11.5. The molecule has 0 saturated heterocycles. The largest absolute Gasteiger partial charge is 0.495 e. The minimum Gasteiger partial charge on any atom is -0.495 e. The highest BCUT2D eigenvalue weighted by Gasteiger charge is 2.27. The van der Waals surface area contributed by atoms with Crippen molar-refractivity contribution < 1.29 is 13.2 Å². The van der Waals surface area contributed by atoms with Crippen molar-refractivity contribution in [1.29, 1.82) is 0 Å². The van der Waals surface area contributed by atoms with E-state index >= 15 is 0 Å². The molecule has 0 aromatic heterocycles. The molecule has 25 heavy (non-hydrogen) atoms. The number of nitrogens with two attached hydrogens (primary N) is 1. The lowest BCUT2D eigenvalue weighted by Crippen LogP contribution is -2.37. The zero-order valence-corrected chi connectivity index (χ0v) is 16.3. The normalized spacial score (nSPS) is 11.2. The fraction of sp³-hybridized carbons (Fsp3) is 0.294. The van der Waals surface area contributed by atoms with Crippen LogP contribution in [0.1, 0.15) is 5.56 Å². The lowest BCUT2D eigenvalue weighted by Gasteiger charge is -2.23. The Labute approximate surface area is 160 Å². The van der Waals surface area contributed by atoms with Crippen molar-refractivity contribution in [3.63, 3.8) is 0 Å². The highest BCUT2D eigenvalue weighted by atomic mass is 35.5. The van der Waals surface area contributed by atoms with Gasteiger partial charge in [0, 0.05) is 24.7 Å². The van der Waals surface area contributed by atoms with Gasteiger partial charge in [0.2, 0.25) is 10.0 Å². The molecule has 0 atom stereocenters. The van der Waals surface area contributed by atoms with Gasteiger partial charge in [-0.2, -0.15) is 4.31 Å². The van der Waals surface area contributed by atoms with Crippen molar-refractivity contribution in [3.05, 3.63) is 59.1 Å². The van der Waals surface area contributed by atoms with Crippen molar-refractivity contribution in [2.24, 2.45) is 5.73 Å². The summed E-state index contributed by atoms with van der Waals surface area (Å²) in [4.78, 5) is 0.0546. The molecule has 138 valence electrons. The van der Waals surface area contributed by atoms with Crippen LogP contribution in [-0.2, 0) is 16.4 Å². The van der Waals surface area contributed by atoms with Gasteiger partial charge in [-0.1, -0.05) is 41.9 Å². The maximum Gasteiger partial charge on any atom is 0.246 e. The summed E-state index contributed by atoms with van der Waals surface area (Å²) >= 11 is 5.97. The Bertz CT molecular complexity index is 771. The van der Waals surface area contributed by atoms with E-state index in [1.165, 1.54) is 17.5 Å². The molecule has 0 unspecified atom stereocenters. The molecule has 2 aromatic rings. The molecule has 2 N–H and O–H groups in total. The van der Waals surface area contributed by atoms with Gasteiger partial charge in [0.05, 0.1) is 7.11 Å². The third-order valence-corrected chi connectivity index (χ3v) is 5.77. The summed E-state index contributed by atoms with van der Waals surface area (Å²) in [7, 11) is -2.32. The molecule has 0 spiro atoms. The third kappa shape index (κ3) is 5.59. The molecule has 5 nitrogen and oxygen atoms in total. The van der Waals surface area contributed by atoms with E-state index in [0.717, 1.165) is 5.56 Å². The highest BCUT2D eigenvalue weighted by molar-refractivity contribution is 7.89. The van der Waals surface area contributed by atoms with Gasteiger partial charge in [-0.15, -0.1) is 12.4 Å². The molecule has 0 radical (unpaired) electrons. The first-order valence-corrected chi connectivity index (χ1v) is 9.38. The van der Waals surface area contributed by atoms with Crippen LogP contribution in [0.5, 0.6) is 5.75 Å². The number of hydrogen-bond acceptors (Lipinski definition) is 4. The van der Waals surface area contributed by atoms with Crippen molar-refractivity contribution >= 4 is 34.0 Å². The van der Waals surface area contributed by atoms with Crippen LogP contribution in [0.4, 0.5) is 0 Å². The molecular weight excluding hydrogens is 383 g/mol. The zero-order chi connectivity index (χ0) is 17.6. The molecule has 0 heterocycles. The lowest BCUT2D eigenvalue weighted by atomic mass is 10.1. The van der Waals surface area contributed by atoms with Crippen LogP contribution in [-0.4, -0.2) is 39.5 Å². The molecule has 0 aliphatic rings. The van der Waals surface area contributed by atoms with Crippen molar-refractivity contribution in [2.75, 3.05) is 26.7 Å². The van der Waals surface area contributed by atoms with Gasteiger partial charge in [0.1, 0.15) is 10.6 Å². The van der Waals surface area contributed by atoms with Gasteiger partial charge in [-0.25, -0.2) is 8.42 Å². The number of methoxy groups -OCH3 is 1. The van der Waals surface area contributed by atoms with Gasteiger partial charge in [-0.05, 0) is 30.2 Å². The van der Waals surface area contributed by atoms with E-state index in [2.05, 4.69) is 0 Å². The second kappa shape index (κ2) is 9.99. The number of halogens is 2. The van der Waals surface area contributed by atoms with Gasteiger partial charge in [-0.3, -0.25) is 0 Å². The number of rotatable bonds is 8. The lowest BCUT2D eigenvalue weighted by molar-refractivity contribution is 0.391. The Morgan fingerprint density at radius 1 is 1.12 bits per heavy atom. The van der Waals surface area contributed by atoms with Crippen LogP contribution >= 0.6 is 24.0 Å². The predicted octanol–water partition coefficient (Wildman–Crippen LogP) is 2.96. The highest BCUT2D eigenvalue weighted by Crippen LogP contribution is 2.29. The van der Waals surface area contributed by atoms with Crippen LogP contribution in [0.2, 0.25) is 5.02 Å². The SMILES string of the molecule is COc1ccc(Cl)cc1S(=O)(=O)N(CCN)CCc1ccccc1.Cl. The quantitative estimate of drug-likeness (QED) is 0.733. The van der Waals surface area contributed by atoms with E-state index in [9.17, 15) is 8.42 Å². The smallest absolute Gasteiger partial charge is 0.246 e. The first kappa shape index (κ1) is 21.7. The van der Waals surface area contributed by atoms with Crippen LogP contribution in [0, 0.1) is 0 Å². The molecule has 0 amide bonds.